The van der Waals surface area contributed by atoms with Crippen LogP contribution in [0.1, 0.15) is 31.2 Å². The van der Waals surface area contributed by atoms with Crippen LogP contribution in [0.3, 0.4) is 0 Å². The van der Waals surface area contributed by atoms with Crippen LogP contribution in [-0.2, 0) is 9.59 Å². The Labute approximate surface area is 160 Å². The molecule has 1 saturated heterocycles. The number of quaternary nitrogens is 1. The molecule has 2 aromatic rings. The average Bonchev–Trinajstić information content (AvgIpc) is 3.38. The molecule has 28 heavy (non-hydrogen) atoms. The summed E-state index contributed by atoms with van der Waals surface area (Å²) in [6.07, 6.45) is 0.260. The van der Waals surface area contributed by atoms with Gasteiger partial charge in [0.1, 0.15) is 0 Å². The van der Waals surface area contributed by atoms with E-state index in [2.05, 4.69) is 15.5 Å². The molecule has 1 unspecified atom stereocenters. The molecule has 0 saturated carbocycles. The van der Waals surface area contributed by atoms with E-state index in [-0.39, 0.29) is 37.6 Å². The van der Waals surface area contributed by atoms with Gasteiger partial charge in [0.2, 0.25) is 18.5 Å². The molecule has 0 radical (unpaired) electrons. The Morgan fingerprint density at radius 3 is 2.93 bits per heavy atom. The molecule has 1 fully saturated rings. The van der Waals surface area contributed by atoms with Crippen molar-refractivity contribution in [1.29, 1.82) is 0 Å². The molecule has 3 heterocycles. The predicted octanol–water partition coefficient (Wildman–Crippen LogP) is -1.56. The SMILES string of the molecule is C[NH+]1C[C@@H](NC(=O)CCC(=O)[O-])C[C@H]1c1nc(-c2ccc3c(c2)OCO3)no1. The first-order valence-corrected chi connectivity index (χ1v) is 9.04. The number of aromatic nitrogens is 2. The fourth-order valence-corrected chi connectivity index (χ4v) is 3.57. The number of amides is 1. The van der Waals surface area contributed by atoms with E-state index in [4.69, 9.17) is 14.0 Å². The van der Waals surface area contributed by atoms with Gasteiger partial charge in [-0.2, -0.15) is 4.98 Å². The van der Waals surface area contributed by atoms with Gasteiger partial charge in [-0.25, -0.2) is 0 Å². The summed E-state index contributed by atoms with van der Waals surface area (Å²) in [4.78, 5) is 28.0. The number of ether oxygens (including phenoxy) is 2. The van der Waals surface area contributed by atoms with Gasteiger partial charge in [0.25, 0.3) is 5.89 Å². The number of hydrogen-bond donors (Lipinski definition) is 2. The van der Waals surface area contributed by atoms with Crippen LogP contribution in [0.4, 0.5) is 0 Å². The number of carbonyl (C=O) groups excluding carboxylic acids is 2. The Kier molecular flexibility index (Phi) is 4.86. The van der Waals surface area contributed by atoms with Crippen molar-refractivity contribution in [2.75, 3.05) is 20.4 Å². The number of nitrogens with zero attached hydrogens (tertiary/aromatic N) is 2. The smallest absolute Gasteiger partial charge is 0.285 e. The van der Waals surface area contributed by atoms with Gasteiger partial charge in [-0.3, -0.25) is 4.79 Å². The van der Waals surface area contributed by atoms with E-state index in [0.717, 1.165) is 10.5 Å². The summed E-state index contributed by atoms with van der Waals surface area (Å²) in [5.41, 5.74) is 0.766. The summed E-state index contributed by atoms with van der Waals surface area (Å²) in [7, 11) is 1.99. The van der Waals surface area contributed by atoms with E-state index < -0.39 is 5.97 Å². The zero-order valence-electron chi connectivity index (χ0n) is 15.3. The number of aliphatic carboxylic acids is 1. The largest absolute Gasteiger partial charge is 0.550 e. The van der Waals surface area contributed by atoms with Gasteiger partial charge in [-0.15, -0.1) is 0 Å². The number of benzene rings is 1. The van der Waals surface area contributed by atoms with Gasteiger partial charge in [-0.05, 0) is 24.6 Å². The second-order valence-corrected chi connectivity index (χ2v) is 7.00. The number of likely N-dealkylation sites (N-methyl/N-ethyl adjacent to an activating group) is 1. The number of carboxylic acid groups (broad SMARTS) is 1. The molecule has 0 bridgehead atoms. The van der Waals surface area contributed by atoms with E-state index in [1.165, 1.54) is 0 Å². The summed E-state index contributed by atoms with van der Waals surface area (Å²) in [5.74, 6) is 0.758. The molecule has 1 aromatic carbocycles. The number of hydrogen-bond acceptors (Lipinski definition) is 8. The van der Waals surface area contributed by atoms with E-state index >= 15 is 0 Å². The molecule has 2 aliphatic heterocycles. The third-order valence-corrected chi connectivity index (χ3v) is 4.98. The van der Waals surface area contributed by atoms with Gasteiger partial charge in [0, 0.05) is 24.4 Å². The van der Waals surface area contributed by atoms with Crippen LogP contribution in [0.25, 0.3) is 11.4 Å². The number of rotatable bonds is 6. The van der Waals surface area contributed by atoms with Gasteiger partial charge >= 0.3 is 0 Å². The highest BCUT2D eigenvalue weighted by molar-refractivity contribution is 5.80. The first-order chi connectivity index (χ1) is 13.5. The Hall–Kier alpha value is -3.14. The Bertz CT molecular complexity index is 898. The number of carboxylic acids is 1. The van der Waals surface area contributed by atoms with Gasteiger partial charge in [-0.1, -0.05) is 5.16 Å². The van der Waals surface area contributed by atoms with Crippen molar-refractivity contribution in [2.24, 2.45) is 0 Å². The number of likely N-dealkylation sites (tertiary alicyclic amines) is 1. The normalized spacial score (nSPS) is 23.0. The lowest BCUT2D eigenvalue weighted by Crippen LogP contribution is -3.07. The van der Waals surface area contributed by atoms with Gasteiger partial charge < -0.3 is 34.1 Å². The average molecular weight is 388 g/mol. The molecule has 0 aliphatic carbocycles. The standard InChI is InChI=1S/C18H20N4O6/c1-22-8-11(19-15(23)4-5-16(24)25)7-12(22)18-20-17(21-28-18)10-2-3-13-14(6-10)27-9-26-13/h2-3,6,11-12H,4-5,7-9H2,1H3,(H,19,23)(H,24,25)/t11-,12-/m0/s1. The maximum atomic E-state index is 11.9. The first kappa shape index (κ1) is 18.2. The molecule has 10 heteroatoms. The van der Waals surface area contributed by atoms with Crippen LogP contribution in [0.15, 0.2) is 22.7 Å². The molecular formula is C18H20N4O6. The second kappa shape index (κ2) is 7.47. The van der Waals surface area contributed by atoms with Crippen molar-refractivity contribution in [1.82, 2.24) is 15.5 Å². The zero-order valence-corrected chi connectivity index (χ0v) is 15.3. The minimum absolute atomic E-state index is 0.0540. The molecule has 2 aliphatic rings. The number of nitrogens with one attached hydrogen (secondary N) is 2. The highest BCUT2D eigenvalue weighted by Gasteiger charge is 2.39. The highest BCUT2D eigenvalue weighted by Crippen LogP contribution is 2.35. The van der Waals surface area contributed by atoms with Gasteiger partial charge in [0.15, 0.2) is 17.5 Å². The maximum absolute atomic E-state index is 11.9. The summed E-state index contributed by atoms with van der Waals surface area (Å²) >= 11 is 0. The lowest BCUT2D eigenvalue weighted by Gasteiger charge is -2.11. The predicted molar refractivity (Wildman–Crippen MR) is 91.1 cm³/mol. The van der Waals surface area contributed by atoms with Crippen LogP contribution >= 0.6 is 0 Å². The molecule has 0 spiro atoms. The molecule has 3 atom stereocenters. The minimum Gasteiger partial charge on any atom is -0.550 e. The quantitative estimate of drug-likeness (QED) is 0.607. The lowest BCUT2D eigenvalue weighted by atomic mass is 10.1. The van der Waals surface area contributed by atoms with Crippen LogP contribution in [0, 0.1) is 0 Å². The molecule has 4 rings (SSSR count). The van der Waals surface area contributed by atoms with Crippen molar-refractivity contribution in [3.05, 3.63) is 24.1 Å². The molecule has 1 aromatic heterocycles. The van der Waals surface area contributed by atoms with Crippen LogP contribution in [0.5, 0.6) is 11.5 Å². The number of carbonyl (C=O) groups is 2. The topological polar surface area (TPSA) is 131 Å². The third-order valence-electron chi connectivity index (χ3n) is 4.98. The third kappa shape index (κ3) is 3.77. The molecule has 10 nitrogen and oxygen atoms in total. The van der Waals surface area contributed by atoms with Crippen LogP contribution in [0.2, 0.25) is 0 Å². The number of fused-ring (bicyclic) bond motifs is 1. The minimum atomic E-state index is -1.23. The van der Waals surface area contributed by atoms with Crippen molar-refractivity contribution in [3.63, 3.8) is 0 Å². The highest BCUT2D eigenvalue weighted by atomic mass is 16.7. The zero-order chi connectivity index (χ0) is 19.7. The fraction of sp³-hybridized carbons (Fsp3) is 0.444. The molecular weight excluding hydrogens is 368 g/mol. The Morgan fingerprint density at radius 2 is 2.11 bits per heavy atom. The van der Waals surface area contributed by atoms with E-state index in [0.29, 0.717) is 36.2 Å². The fourth-order valence-electron chi connectivity index (χ4n) is 3.57. The second-order valence-electron chi connectivity index (χ2n) is 7.00. The molecule has 1 amide bonds. The van der Waals surface area contributed by atoms with Crippen molar-refractivity contribution in [2.45, 2.75) is 31.3 Å². The Morgan fingerprint density at radius 1 is 1.29 bits per heavy atom. The lowest BCUT2D eigenvalue weighted by molar-refractivity contribution is -0.900. The summed E-state index contributed by atoms with van der Waals surface area (Å²) in [6, 6.07) is 5.32. The monoisotopic (exact) mass is 388 g/mol. The van der Waals surface area contributed by atoms with Crippen molar-refractivity contribution < 1.29 is 33.6 Å². The van der Waals surface area contributed by atoms with Crippen LogP contribution in [-0.4, -0.2) is 48.4 Å². The summed E-state index contributed by atoms with van der Waals surface area (Å²) < 4.78 is 16.2. The van der Waals surface area contributed by atoms with E-state index in [9.17, 15) is 14.7 Å². The maximum Gasteiger partial charge on any atom is 0.285 e. The summed E-state index contributed by atoms with van der Waals surface area (Å²) in [6.45, 7) is 0.881. The Balaban J connectivity index is 1.41. The van der Waals surface area contributed by atoms with Gasteiger partial charge in [0.05, 0.1) is 19.6 Å². The van der Waals surface area contributed by atoms with E-state index in [1.807, 2.05) is 19.2 Å². The first-order valence-electron chi connectivity index (χ1n) is 9.04. The van der Waals surface area contributed by atoms with Crippen LogP contribution < -0.4 is 24.8 Å². The van der Waals surface area contributed by atoms with E-state index in [1.54, 1.807) is 6.07 Å². The molecule has 2 N–H and O–H groups in total. The summed E-state index contributed by atoms with van der Waals surface area (Å²) in [5, 5.41) is 17.4. The molecule has 148 valence electrons. The van der Waals surface area contributed by atoms with Crippen molar-refractivity contribution >= 4 is 11.9 Å². The van der Waals surface area contributed by atoms with Crippen molar-refractivity contribution in [3.8, 4) is 22.9 Å².